The maximum absolute atomic E-state index is 11.1. The molecule has 0 aromatic rings. The van der Waals surface area contributed by atoms with E-state index in [1.807, 2.05) is 0 Å². The van der Waals surface area contributed by atoms with Crippen molar-refractivity contribution in [2.75, 3.05) is 7.11 Å². The first-order valence-electron chi connectivity index (χ1n) is 3.92. The molecular formula is C9H11O2. The van der Waals surface area contributed by atoms with Crippen LogP contribution in [-0.4, -0.2) is 13.1 Å². The summed E-state index contributed by atoms with van der Waals surface area (Å²) in [5, 5.41) is 0. The summed E-state index contributed by atoms with van der Waals surface area (Å²) >= 11 is 0. The van der Waals surface area contributed by atoms with Gasteiger partial charge in [0.2, 0.25) is 0 Å². The highest BCUT2D eigenvalue weighted by Crippen LogP contribution is 2.42. The Bertz CT molecular complexity index is 208. The SMILES string of the molecule is COC(=O)[C@H]1[CH][C@H]2C=C[C@@H]1C2. The number of hydrogen-bond donors (Lipinski definition) is 0. The number of esters is 1. The van der Waals surface area contributed by atoms with Crippen molar-refractivity contribution in [2.24, 2.45) is 17.8 Å². The number of carbonyl (C=O) groups is 1. The Morgan fingerprint density at radius 2 is 2.36 bits per heavy atom. The molecular weight excluding hydrogens is 140 g/mol. The largest absolute Gasteiger partial charge is 0.469 e. The molecule has 1 saturated carbocycles. The van der Waals surface area contributed by atoms with Crippen molar-refractivity contribution in [3.63, 3.8) is 0 Å². The monoisotopic (exact) mass is 151 g/mol. The van der Waals surface area contributed by atoms with Crippen LogP contribution in [0.5, 0.6) is 0 Å². The summed E-state index contributed by atoms with van der Waals surface area (Å²) in [6, 6.07) is 0. The Kier molecular flexibility index (Phi) is 1.48. The van der Waals surface area contributed by atoms with Gasteiger partial charge >= 0.3 is 5.97 Å². The molecule has 0 N–H and O–H groups in total. The topological polar surface area (TPSA) is 26.3 Å². The highest BCUT2D eigenvalue weighted by Gasteiger charge is 2.40. The second kappa shape index (κ2) is 2.36. The van der Waals surface area contributed by atoms with E-state index < -0.39 is 0 Å². The minimum Gasteiger partial charge on any atom is -0.469 e. The third-order valence-corrected chi connectivity index (χ3v) is 2.54. The Balaban J connectivity index is 2.08. The van der Waals surface area contributed by atoms with E-state index in [-0.39, 0.29) is 11.9 Å². The molecule has 11 heavy (non-hydrogen) atoms. The van der Waals surface area contributed by atoms with E-state index in [0.29, 0.717) is 11.8 Å². The number of rotatable bonds is 1. The Labute approximate surface area is 66.2 Å². The van der Waals surface area contributed by atoms with Gasteiger partial charge in [0.15, 0.2) is 0 Å². The number of allylic oxidation sites excluding steroid dienone is 2. The van der Waals surface area contributed by atoms with Crippen LogP contribution in [0, 0.1) is 24.2 Å². The predicted molar refractivity (Wildman–Crippen MR) is 40.5 cm³/mol. The normalized spacial score (nSPS) is 39.5. The highest BCUT2D eigenvalue weighted by molar-refractivity contribution is 5.75. The van der Waals surface area contributed by atoms with Crippen molar-refractivity contribution in [2.45, 2.75) is 6.42 Å². The fraction of sp³-hybridized carbons (Fsp3) is 0.556. The molecule has 59 valence electrons. The van der Waals surface area contributed by atoms with Gasteiger partial charge in [0.25, 0.3) is 0 Å². The minimum atomic E-state index is -0.0816. The minimum absolute atomic E-state index is 0.0370. The molecule has 2 nitrogen and oxygen atoms in total. The van der Waals surface area contributed by atoms with Gasteiger partial charge in [0, 0.05) is 0 Å². The van der Waals surface area contributed by atoms with Gasteiger partial charge in [-0.3, -0.25) is 4.79 Å². The van der Waals surface area contributed by atoms with E-state index in [0.717, 1.165) is 6.42 Å². The lowest BCUT2D eigenvalue weighted by atomic mass is 9.94. The average Bonchev–Trinajstić information content (AvgIpc) is 2.62. The molecule has 2 rings (SSSR count). The van der Waals surface area contributed by atoms with Gasteiger partial charge in [-0.2, -0.15) is 0 Å². The van der Waals surface area contributed by atoms with Crippen LogP contribution in [0.2, 0.25) is 0 Å². The molecule has 1 fully saturated rings. The average molecular weight is 151 g/mol. The quantitative estimate of drug-likeness (QED) is 0.415. The van der Waals surface area contributed by atoms with E-state index in [9.17, 15) is 4.79 Å². The van der Waals surface area contributed by atoms with Gasteiger partial charge in [-0.25, -0.2) is 0 Å². The van der Waals surface area contributed by atoms with E-state index in [1.165, 1.54) is 7.11 Å². The zero-order valence-electron chi connectivity index (χ0n) is 6.49. The lowest BCUT2D eigenvalue weighted by molar-refractivity contribution is -0.144. The summed E-state index contributed by atoms with van der Waals surface area (Å²) in [5.41, 5.74) is 0. The summed E-state index contributed by atoms with van der Waals surface area (Å²) in [6.45, 7) is 0. The third-order valence-electron chi connectivity index (χ3n) is 2.54. The van der Waals surface area contributed by atoms with Crippen molar-refractivity contribution < 1.29 is 9.53 Å². The highest BCUT2D eigenvalue weighted by atomic mass is 16.5. The van der Waals surface area contributed by atoms with Crippen LogP contribution < -0.4 is 0 Å². The zero-order chi connectivity index (χ0) is 7.84. The van der Waals surface area contributed by atoms with Gasteiger partial charge < -0.3 is 4.74 Å². The fourth-order valence-corrected chi connectivity index (χ4v) is 1.96. The lowest BCUT2D eigenvalue weighted by Gasteiger charge is -2.13. The third kappa shape index (κ3) is 0.971. The first kappa shape index (κ1) is 6.89. The fourth-order valence-electron chi connectivity index (χ4n) is 1.96. The molecule has 0 amide bonds. The molecule has 0 spiro atoms. The molecule has 0 heterocycles. The molecule has 0 unspecified atom stereocenters. The number of hydrogen-bond acceptors (Lipinski definition) is 2. The summed E-state index contributed by atoms with van der Waals surface area (Å²) in [6.07, 6.45) is 7.51. The Hall–Kier alpha value is -0.790. The second-order valence-corrected chi connectivity index (χ2v) is 3.19. The summed E-state index contributed by atoms with van der Waals surface area (Å²) in [5.74, 6) is 0.911. The molecule has 2 aliphatic carbocycles. The zero-order valence-corrected chi connectivity index (χ0v) is 6.49. The molecule has 0 aliphatic heterocycles. The van der Waals surface area contributed by atoms with Crippen molar-refractivity contribution in [1.29, 1.82) is 0 Å². The van der Waals surface area contributed by atoms with Gasteiger partial charge in [-0.05, 0) is 24.7 Å². The summed E-state index contributed by atoms with van der Waals surface area (Å²) < 4.78 is 4.68. The molecule has 0 saturated heterocycles. The first-order chi connectivity index (χ1) is 5.31. The van der Waals surface area contributed by atoms with Crippen LogP contribution in [0.25, 0.3) is 0 Å². The Morgan fingerprint density at radius 1 is 1.55 bits per heavy atom. The molecule has 2 heteroatoms. The summed E-state index contributed by atoms with van der Waals surface area (Å²) in [7, 11) is 1.45. The molecule has 0 aromatic carbocycles. The van der Waals surface area contributed by atoms with Crippen molar-refractivity contribution in [3.8, 4) is 0 Å². The van der Waals surface area contributed by atoms with Crippen LogP contribution in [-0.2, 0) is 9.53 Å². The first-order valence-corrected chi connectivity index (χ1v) is 3.92. The standard InChI is InChI=1S/C9H11O2/c1-11-9(10)8-5-6-2-3-7(8)4-6/h2-3,5-8H,4H2,1H3/t6-,7+,8-/m0/s1. The van der Waals surface area contributed by atoms with Crippen LogP contribution in [0.4, 0.5) is 0 Å². The predicted octanol–water partition coefficient (Wildman–Crippen LogP) is 1.19. The van der Waals surface area contributed by atoms with E-state index in [2.05, 4.69) is 23.3 Å². The number of fused-ring (bicyclic) bond motifs is 2. The lowest BCUT2D eigenvalue weighted by Crippen LogP contribution is -2.20. The number of carbonyl (C=O) groups excluding carboxylic acids is 1. The van der Waals surface area contributed by atoms with Crippen LogP contribution in [0.15, 0.2) is 12.2 Å². The van der Waals surface area contributed by atoms with Crippen LogP contribution in [0.1, 0.15) is 6.42 Å². The van der Waals surface area contributed by atoms with Gasteiger partial charge in [0.05, 0.1) is 13.0 Å². The smallest absolute Gasteiger partial charge is 0.309 e. The van der Waals surface area contributed by atoms with Crippen molar-refractivity contribution in [3.05, 3.63) is 18.6 Å². The molecule has 3 atom stereocenters. The van der Waals surface area contributed by atoms with Gasteiger partial charge in [-0.1, -0.05) is 12.2 Å². The molecule has 2 aliphatic rings. The molecule has 2 bridgehead atoms. The van der Waals surface area contributed by atoms with E-state index in [4.69, 9.17) is 0 Å². The van der Waals surface area contributed by atoms with Crippen LogP contribution in [0.3, 0.4) is 0 Å². The number of ether oxygens (including phenoxy) is 1. The number of methoxy groups -OCH3 is 1. The maximum Gasteiger partial charge on any atom is 0.309 e. The molecule has 0 aromatic heterocycles. The molecule has 1 radical (unpaired) electrons. The Morgan fingerprint density at radius 3 is 2.82 bits per heavy atom. The van der Waals surface area contributed by atoms with Crippen molar-refractivity contribution >= 4 is 5.97 Å². The summed E-state index contributed by atoms with van der Waals surface area (Å²) in [4.78, 5) is 11.1. The van der Waals surface area contributed by atoms with Gasteiger partial charge in [-0.15, -0.1) is 0 Å². The van der Waals surface area contributed by atoms with Crippen molar-refractivity contribution in [1.82, 2.24) is 0 Å². The van der Waals surface area contributed by atoms with E-state index in [1.54, 1.807) is 0 Å². The van der Waals surface area contributed by atoms with Crippen LogP contribution >= 0.6 is 0 Å². The second-order valence-electron chi connectivity index (χ2n) is 3.19. The van der Waals surface area contributed by atoms with Gasteiger partial charge in [0.1, 0.15) is 0 Å². The maximum atomic E-state index is 11.1. The van der Waals surface area contributed by atoms with E-state index >= 15 is 0 Å².